The monoisotopic (exact) mass is 627 g/mol. The van der Waals surface area contributed by atoms with Crippen LogP contribution in [0, 0.1) is 0 Å². The first-order chi connectivity index (χ1) is 24.3. The van der Waals surface area contributed by atoms with Gasteiger partial charge in [0.1, 0.15) is 16.7 Å². The quantitative estimate of drug-likeness (QED) is 0.190. The lowest BCUT2D eigenvalue weighted by Crippen LogP contribution is -2.10. The Morgan fingerprint density at radius 2 is 0.980 bits per heavy atom. The van der Waals surface area contributed by atoms with Crippen LogP contribution in [-0.4, -0.2) is 0 Å². The fraction of sp³-hybridized carbons (Fsp3) is 0. The standard InChI is InChI=1S/C46H29NO2/c1-3-11-30(12-4-1)32-21-22-34-28-35(24-23-33(34)27-32)47(36-25-26-39-38-15-7-8-20-43(38)48-44(39)29-36)42-19-10-18-41-40-17-9-16-37(45(40)49-46(41)42)31-13-5-2-6-14-31/h1-29H. The normalized spacial score (nSPS) is 11.7. The van der Waals surface area contributed by atoms with Crippen molar-refractivity contribution in [2.24, 2.45) is 0 Å². The number of fused-ring (bicyclic) bond motifs is 7. The number of anilines is 3. The molecule has 0 fully saturated rings. The van der Waals surface area contributed by atoms with E-state index >= 15 is 0 Å². The van der Waals surface area contributed by atoms with Gasteiger partial charge in [0.2, 0.25) is 0 Å². The van der Waals surface area contributed by atoms with Crippen molar-refractivity contribution in [3.05, 3.63) is 176 Å². The highest BCUT2D eigenvalue weighted by Crippen LogP contribution is 2.45. The molecule has 3 heteroatoms. The zero-order valence-electron chi connectivity index (χ0n) is 26.5. The number of furan rings is 2. The molecule has 0 amide bonds. The first-order valence-corrected chi connectivity index (χ1v) is 16.6. The fourth-order valence-electron chi connectivity index (χ4n) is 7.29. The van der Waals surface area contributed by atoms with E-state index in [4.69, 9.17) is 8.83 Å². The molecule has 10 rings (SSSR count). The highest BCUT2D eigenvalue weighted by atomic mass is 16.3. The zero-order chi connectivity index (χ0) is 32.3. The van der Waals surface area contributed by atoms with Crippen molar-refractivity contribution in [2.45, 2.75) is 0 Å². The molecule has 0 spiro atoms. The van der Waals surface area contributed by atoms with Crippen LogP contribution in [0.25, 0.3) is 76.9 Å². The maximum Gasteiger partial charge on any atom is 0.159 e. The van der Waals surface area contributed by atoms with Crippen LogP contribution in [0.2, 0.25) is 0 Å². The molecule has 0 aliphatic heterocycles. The molecule has 0 aliphatic rings. The van der Waals surface area contributed by atoms with E-state index in [-0.39, 0.29) is 0 Å². The van der Waals surface area contributed by atoms with Crippen molar-refractivity contribution in [3.8, 4) is 22.3 Å². The lowest BCUT2D eigenvalue weighted by Gasteiger charge is -2.26. The van der Waals surface area contributed by atoms with Crippen LogP contribution in [0.1, 0.15) is 0 Å². The van der Waals surface area contributed by atoms with E-state index in [0.717, 1.165) is 77.5 Å². The minimum absolute atomic E-state index is 0.838. The second-order valence-electron chi connectivity index (χ2n) is 12.5. The first kappa shape index (κ1) is 27.5. The molecule has 0 unspecified atom stereocenters. The molecular formula is C46H29NO2. The Labute approximate surface area is 282 Å². The van der Waals surface area contributed by atoms with Crippen molar-refractivity contribution in [3.63, 3.8) is 0 Å². The van der Waals surface area contributed by atoms with E-state index in [2.05, 4.69) is 163 Å². The lowest BCUT2D eigenvalue weighted by molar-refractivity contribution is 0.668. The van der Waals surface area contributed by atoms with Crippen molar-refractivity contribution >= 4 is 71.7 Å². The predicted octanol–water partition coefficient (Wildman–Crippen LogP) is 13.4. The molecular weight excluding hydrogens is 599 g/mol. The third-order valence-corrected chi connectivity index (χ3v) is 9.64. The van der Waals surface area contributed by atoms with Crippen LogP contribution < -0.4 is 4.90 Å². The largest absolute Gasteiger partial charge is 0.456 e. The maximum atomic E-state index is 6.92. The molecule has 2 heterocycles. The van der Waals surface area contributed by atoms with E-state index in [1.165, 1.54) is 16.5 Å². The second-order valence-corrected chi connectivity index (χ2v) is 12.5. The number of hydrogen-bond donors (Lipinski definition) is 0. The Hall–Kier alpha value is -6.58. The molecule has 3 nitrogen and oxygen atoms in total. The third-order valence-electron chi connectivity index (χ3n) is 9.64. The second kappa shape index (κ2) is 11.0. The van der Waals surface area contributed by atoms with Crippen molar-refractivity contribution in [1.82, 2.24) is 0 Å². The number of para-hydroxylation sites is 3. The van der Waals surface area contributed by atoms with E-state index in [9.17, 15) is 0 Å². The van der Waals surface area contributed by atoms with Crippen LogP contribution in [0.15, 0.2) is 185 Å². The summed E-state index contributed by atoms with van der Waals surface area (Å²) in [6.07, 6.45) is 0. The summed E-state index contributed by atoms with van der Waals surface area (Å²) < 4.78 is 13.3. The minimum atomic E-state index is 0.838. The summed E-state index contributed by atoms with van der Waals surface area (Å²) in [5.41, 5.74) is 11.1. The van der Waals surface area contributed by atoms with E-state index in [1.54, 1.807) is 0 Å². The summed E-state index contributed by atoms with van der Waals surface area (Å²) in [7, 11) is 0. The molecule has 0 atom stereocenters. The SMILES string of the molecule is c1ccc(-c2ccc3cc(N(c4ccc5c(c4)oc4ccccc45)c4cccc5c4oc4c(-c6ccccc6)cccc45)ccc3c2)cc1. The van der Waals surface area contributed by atoms with Gasteiger partial charge in [-0.15, -0.1) is 0 Å². The maximum absolute atomic E-state index is 6.92. The first-order valence-electron chi connectivity index (χ1n) is 16.6. The molecule has 49 heavy (non-hydrogen) atoms. The Morgan fingerprint density at radius 1 is 0.347 bits per heavy atom. The van der Waals surface area contributed by atoms with Crippen LogP contribution in [0.4, 0.5) is 17.1 Å². The number of hydrogen-bond acceptors (Lipinski definition) is 3. The number of rotatable bonds is 5. The van der Waals surface area contributed by atoms with Crippen LogP contribution in [0.3, 0.4) is 0 Å². The van der Waals surface area contributed by atoms with Gasteiger partial charge in [-0.05, 0) is 69.9 Å². The third kappa shape index (κ3) is 4.51. The predicted molar refractivity (Wildman–Crippen MR) is 204 cm³/mol. The summed E-state index contributed by atoms with van der Waals surface area (Å²) in [5.74, 6) is 0. The smallest absolute Gasteiger partial charge is 0.159 e. The van der Waals surface area contributed by atoms with Gasteiger partial charge in [0.05, 0.1) is 11.4 Å². The lowest BCUT2D eigenvalue weighted by atomic mass is 10.0. The van der Waals surface area contributed by atoms with Gasteiger partial charge in [0.25, 0.3) is 0 Å². The van der Waals surface area contributed by atoms with E-state index < -0.39 is 0 Å². The molecule has 0 N–H and O–H groups in total. The van der Waals surface area contributed by atoms with Crippen molar-refractivity contribution in [2.75, 3.05) is 4.90 Å². The molecule has 2 aromatic heterocycles. The molecule has 0 bridgehead atoms. The highest BCUT2D eigenvalue weighted by molar-refractivity contribution is 6.14. The number of benzene rings is 8. The highest BCUT2D eigenvalue weighted by Gasteiger charge is 2.22. The van der Waals surface area contributed by atoms with Gasteiger partial charge < -0.3 is 13.7 Å². The molecule has 0 aliphatic carbocycles. The Morgan fingerprint density at radius 3 is 1.84 bits per heavy atom. The van der Waals surface area contributed by atoms with E-state index in [0.29, 0.717) is 0 Å². The fourth-order valence-corrected chi connectivity index (χ4v) is 7.29. The molecule has 0 radical (unpaired) electrons. The van der Waals surface area contributed by atoms with E-state index in [1.807, 2.05) is 18.2 Å². The Bertz CT molecular complexity index is 2830. The summed E-state index contributed by atoms with van der Waals surface area (Å²) in [4.78, 5) is 2.30. The van der Waals surface area contributed by atoms with Gasteiger partial charge in [-0.1, -0.05) is 127 Å². The van der Waals surface area contributed by atoms with Gasteiger partial charge in [-0.3, -0.25) is 0 Å². The van der Waals surface area contributed by atoms with Crippen LogP contribution in [-0.2, 0) is 0 Å². The Kier molecular flexibility index (Phi) is 6.18. The average Bonchev–Trinajstić information content (AvgIpc) is 3.74. The van der Waals surface area contributed by atoms with Crippen molar-refractivity contribution < 1.29 is 8.83 Å². The number of nitrogens with zero attached hydrogens (tertiary/aromatic N) is 1. The summed E-state index contributed by atoms with van der Waals surface area (Å²) in [5, 5.41) is 6.73. The molecule has 230 valence electrons. The molecule has 10 aromatic rings. The minimum Gasteiger partial charge on any atom is -0.456 e. The van der Waals surface area contributed by atoms with Gasteiger partial charge in [0, 0.05) is 38.9 Å². The van der Waals surface area contributed by atoms with Gasteiger partial charge in [-0.2, -0.15) is 0 Å². The topological polar surface area (TPSA) is 29.5 Å². The Balaban J connectivity index is 1.20. The summed E-state index contributed by atoms with van der Waals surface area (Å²) >= 11 is 0. The average molecular weight is 628 g/mol. The molecule has 0 saturated carbocycles. The van der Waals surface area contributed by atoms with Crippen molar-refractivity contribution in [1.29, 1.82) is 0 Å². The van der Waals surface area contributed by atoms with Crippen LogP contribution in [0.5, 0.6) is 0 Å². The van der Waals surface area contributed by atoms with Gasteiger partial charge >= 0.3 is 0 Å². The zero-order valence-corrected chi connectivity index (χ0v) is 26.5. The molecule has 0 saturated heterocycles. The van der Waals surface area contributed by atoms with Gasteiger partial charge in [0.15, 0.2) is 5.58 Å². The molecule has 8 aromatic carbocycles. The summed E-state index contributed by atoms with van der Waals surface area (Å²) in [6.45, 7) is 0. The summed E-state index contributed by atoms with van der Waals surface area (Å²) in [6, 6.07) is 61.9. The van der Waals surface area contributed by atoms with Crippen LogP contribution >= 0.6 is 0 Å². The van der Waals surface area contributed by atoms with Gasteiger partial charge in [-0.25, -0.2) is 0 Å².